The summed E-state index contributed by atoms with van der Waals surface area (Å²) in [6.45, 7) is 0. The van der Waals surface area contributed by atoms with Crippen LogP contribution in [-0.2, 0) is 5.75 Å². The number of thioether (sulfide) groups is 1. The molecule has 0 amide bonds. The van der Waals surface area contributed by atoms with E-state index < -0.39 is 0 Å². The molecule has 0 unspecified atom stereocenters. The maximum atomic E-state index is 9.31. The maximum absolute atomic E-state index is 9.31. The molecular weight excluding hydrogens is 362 g/mol. The van der Waals surface area contributed by atoms with Gasteiger partial charge in [-0.05, 0) is 17.7 Å². The Kier molecular flexibility index (Phi) is 5.46. The van der Waals surface area contributed by atoms with Crippen molar-refractivity contribution in [3.8, 4) is 28.6 Å². The lowest BCUT2D eigenvalue weighted by atomic mass is 10.1. The summed E-state index contributed by atoms with van der Waals surface area (Å²) < 4.78 is 0. The number of hydrogen-bond donors (Lipinski definition) is 0. The van der Waals surface area contributed by atoms with Gasteiger partial charge in [0.1, 0.15) is 0 Å². The van der Waals surface area contributed by atoms with Gasteiger partial charge >= 0.3 is 0 Å². The molecule has 0 saturated heterocycles. The summed E-state index contributed by atoms with van der Waals surface area (Å²) in [6.07, 6.45) is 0. The van der Waals surface area contributed by atoms with Gasteiger partial charge in [0.05, 0.1) is 23.0 Å². The molecule has 0 bridgehead atoms. The third kappa shape index (κ3) is 4.11. The van der Waals surface area contributed by atoms with Gasteiger partial charge in [0, 0.05) is 16.9 Å². The summed E-state index contributed by atoms with van der Waals surface area (Å²) in [4.78, 5) is 9.54. The van der Waals surface area contributed by atoms with Crippen molar-refractivity contribution in [2.75, 3.05) is 0 Å². The fraction of sp³-hybridized carbons (Fsp3) is 0.0417. The molecule has 3 nitrogen and oxygen atoms in total. The predicted octanol–water partition coefficient (Wildman–Crippen LogP) is 5.97. The highest BCUT2D eigenvalue weighted by molar-refractivity contribution is 7.98. The Morgan fingerprint density at radius 1 is 0.714 bits per heavy atom. The van der Waals surface area contributed by atoms with E-state index in [0.717, 1.165) is 28.1 Å². The number of aromatic nitrogens is 2. The summed E-state index contributed by atoms with van der Waals surface area (Å²) in [6, 6.07) is 32.2. The summed E-state index contributed by atoms with van der Waals surface area (Å²) in [5.74, 6) is 0.649. The minimum atomic E-state index is 0.649. The minimum Gasteiger partial charge on any atom is -0.222 e. The Hall–Kier alpha value is -3.42. The van der Waals surface area contributed by atoms with Crippen molar-refractivity contribution in [1.82, 2.24) is 9.97 Å². The highest BCUT2D eigenvalue weighted by atomic mass is 32.2. The minimum absolute atomic E-state index is 0.649. The van der Waals surface area contributed by atoms with Crippen molar-refractivity contribution in [3.05, 3.63) is 102 Å². The van der Waals surface area contributed by atoms with Crippen LogP contribution in [0.15, 0.2) is 96.2 Å². The quantitative estimate of drug-likeness (QED) is 0.316. The Morgan fingerprint density at radius 2 is 1.25 bits per heavy atom. The van der Waals surface area contributed by atoms with Crippen LogP contribution < -0.4 is 0 Å². The second-order valence-corrected chi connectivity index (χ2v) is 7.15. The normalized spacial score (nSPS) is 10.4. The molecule has 0 spiro atoms. The molecule has 0 aliphatic heterocycles. The lowest BCUT2D eigenvalue weighted by molar-refractivity contribution is 0.978. The van der Waals surface area contributed by atoms with Gasteiger partial charge in [-0.3, -0.25) is 0 Å². The van der Waals surface area contributed by atoms with Gasteiger partial charge in [0.15, 0.2) is 5.16 Å². The highest BCUT2D eigenvalue weighted by Gasteiger charge is 2.10. The zero-order chi connectivity index (χ0) is 19.2. The Morgan fingerprint density at radius 3 is 1.82 bits per heavy atom. The van der Waals surface area contributed by atoms with Gasteiger partial charge in [-0.25, -0.2) is 9.97 Å². The fourth-order valence-corrected chi connectivity index (χ4v) is 3.76. The fourth-order valence-electron chi connectivity index (χ4n) is 2.90. The molecule has 4 heteroatoms. The standard InChI is InChI=1S/C24H17N3S/c25-16-20-13-7-8-14-21(20)17-28-24-26-22(18-9-3-1-4-10-18)15-23(27-24)19-11-5-2-6-12-19/h1-15H,17H2. The molecule has 0 N–H and O–H groups in total. The molecule has 3 aromatic carbocycles. The molecule has 4 aromatic rings. The second-order valence-electron chi connectivity index (χ2n) is 6.21. The molecule has 28 heavy (non-hydrogen) atoms. The average Bonchev–Trinajstić information content (AvgIpc) is 2.79. The molecule has 0 aliphatic carbocycles. The summed E-state index contributed by atoms with van der Waals surface area (Å²) in [5, 5.41) is 10.0. The molecule has 4 rings (SSSR count). The van der Waals surface area contributed by atoms with E-state index in [1.807, 2.05) is 66.7 Å². The Bertz CT molecular complexity index is 1060. The van der Waals surface area contributed by atoms with Crippen LogP contribution in [0.1, 0.15) is 11.1 Å². The van der Waals surface area contributed by atoms with Crippen LogP contribution in [-0.4, -0.2) is 9.97 Å². The first-order valence-corrected chi connectivity index (χ1v) is 9.93. The summed E-state index contributed by atoms with van der Waals surface area (Å²) >= 11 is 1.55. The zero-order valence-electron chi connectivity index (χ0n) is 15.1. The first-order valence-electron chi connectivity index (χ1n) is 8.94. The van der Waals surface area contributed by atoms with Crippen molar-refractivity contribution in [2.45, 2.75) is 10.9 Å². The van der Waals surface area contributed by atoms with Crippen LogP contribution in [0.25, 0.3) is 22.5 Å². The number of nitriles is 1. The van der Waals surface area contributed by atoms with Gasteiger partial charge in [0.2, 0.25) is 0 Å². The SMILES string of the molecule is N#Cc1ccccc1CSc1nc(-c2ccccc2)cc(-c2ccccc2)n1. The first-order chi connectivity index (χ1) is 13.8. The smallest absolute Gasteiger partial charge is 0.189 e. The Balaban J connectivity index is 1.71. The molecule has 1 heterocycles. The lowest BCUT2D eigenvalue weighted by Crippen LogP contribution is -1.95. The van der Waals surface area contributed by atoms with Gasteiger partial charge in [-0.15, -0.1) is 0 Å². The van der Waals surface area contributed by atoms with E-state index in [4.69, 9.17) is 9.97 Å². The van der Waals surface area contributed by atoms with Crippen LogP contribution in [0.5, 0.6) is 0 Å². The van der Waals surface area contributed by atoms with E-state index in [1.54, 1.807) is 11.8 Å². The van der Waals surface area contributed by atoms with E-state index in [0.29, 0.717) is 16.5 Å². The van der Waals surface area contributed by atoms with E-state index in [2.05, 4.69) is 30.3 Å². The number of nitrogens with zero attached hydrogens (tertiary/aromatic N) is 3. The van der Waals surface area contributed by atoms with E-state index in [1.165, 1.54) is 0 Å². The van der Waals surface area contributed by atoms with Crippen molar-refractivity contribution >= 4 is 11.8 Å². The number of hydrogen-bond acceptors (Lipinski definition) is 4. The average molecular weight is 379 g/mol. The predicted molar refractivity (Wildman–Crippen MR) is 114 cm³/mol. The molecule has 0 aliphatic rings. The Labute approximate surface area is 168 Å². The van der Waals surface area contributed by atoms with E-state index >= 15 is 0 Å². The van der Waals surface area contributed by atoms with Crippen LogP contribution >= 0.6 is 11.8 Å². The molecule has 0 atom stereocenters. The van der Waals surface area contributed by atoms with Crippen molar-refractivity contribution in [3.63, 3.8) is 0 Å². The van der Waals surface area contributed by atoms with Crippen LogP contribution in [0, 0.1) is 11.3 Å². The van der Waals surface area contributed by atoms with Gasteiger partial charge in [-0.1, -0.05) is 90.6 Å². The van der Waals surface area contributed by atoms with Gasteiger partial charge in [-0.2, -0.15) is 5.26 Å². The molecular formula is C24H17N3S. The molecule has 134 valence electrons. The van der Waals surface area contributed by atoms with Crippen molar-refractivity contribution in [1.29, 1.82) is 5.26 Å². The number of rotatable bonds is 5. The van der Waals surface area contributed by atoms with Crippen molar-refractivity contribution in [2.24, 2.45) is 0 Å². The molecule has 0 fully saturated rings. The lowest BCUT2D eigenvalue weighted by Gasteiger charge is -2.09. The monoisotopic (exact) mass is 379 g/mol. The molecule has 1 aromatic heterocycles. The molecule has 0 saturated carbocycles. The van der Waals surface area contributed by atoms with Gasteiger partial charge < -0.3 is 0 Å². The molecule has 0 radical (unpaired) electrons. The van der Waals surface area contributed by atoms with Crippen LogP contribution in [0.3, 0.4) is 0 Å². The van der Waals surface area contributed by atoms with Crippen LogP contribution in [0.2, 0.25) is 0 Å². The third-order valence-electron chi connectivity index (χ3n) is 4.34. The number of benzene rings is 3. The highest BCUT2D eigenvalue weighted by Crippen LogP contribution is 2.28. The van der Waals surface area contributed by atoms with Crippen molar-refractivity contribution < 1.29 is 0 Å². The summed E-state index contributed by atoms with van der Waals surface area (Å²) in [7, 11) is 0. The first kappa shape index (κ1) is 18.0. The maximum Gasteiger partial charge on any atom is 0.189 e. The topological polar surface area (TPSA) is 49.6 Å². The van der Waals surface area contributed by atoms with Crippen LogP contribution in [0.4, 0.5) is 0 Å². The van der Waals surface area contributed by atoms with E-state index in [-0.39, 0.29) is 0 Å². The largest absolute Gasteiger partial charge is 0.222 e. The summed E-state index contributed by atoms with van der Waals surface area (Å²) in [5.41, 5.74) is 5.58. The van der Waals surface area contributed by atoms with E-state index in [9.17, 15) is 5.26 Å². The third-order valence-corrected chi connectivity index (χ3v) is 5.24. The van der Waals surface area contributed by atoms with Gasteiger partial charge in [0.25, 0.3) is 0 Å². The zero-order valence-corrected chi connectivity index (χ0v) is 15.9. The second kappa shape index (κ2) is 8.51.